The lowest BCUT2D eigenvalue weighted by Gasteiger charge is -2.25. The molecule has 1 aromatic carbocycles. The third-order valence-electron chi connectivity index (χ3n) is 5.65. The molecule has 6 N–H and O–H groups in total. The summed E-state index contributed by atoms with van der Waals surface area (Å²) in [6.07, 6.45) is 1.54. The van der Waals surface area contributed by atoms with Crippen LogP contribution in [0, 0.1) is 11.7 Å². The van der Waals surface area contributed by atoms with Gasteiger partial charge >= 0.3 is 0 Å². The normalized spacial score (nSPS) is 13.3. The zero-order valence-corrected chi connectivity index (χ0v) is 19.9. The van der Waals surface area contributed by atoms with Crippen molar-refractivity contribution in [2.45, 2.75) is 66.1 Å². The summed E-state index contributed by atoms with van der Waals surface area (Å²) in [6.45, 7) is 10.9. The van der Waals surface area contributed by atoms with E-state index < -0.39 is 11.7 Å². The molecule has 0 aliphatic rings. The van der Waals surface area contributed by atoms with Gasteiger partial charge in [-0.15, -0.1) is 0 Å². The summed E-state index contributed by atoms with van der Waals surface area (Å²) < 4.78 is 16.8. The number of hydrogen-bond donors (Lipinski definition) is 4. The lowest BCUT2D eigenvalue weighted by molar-refractivity contribution is 0.100. The first kappa shape index (κ1) is 24.4. The van der Waals surface area contributed by atoms with E-state index in [1.54, 1.807) is 0 Å². The van der Waals surface area contributed by atoms with Crippen LogP contribution in [-0.4, -0.2) is 32.8 Å². The van der Waals surface area contributed by atoms with Crippen LogP contribution < -0.4 is 22.1 Å². The van der Waals surface area contributed by atoms with Gasteiger partial charge in [-0.1, -0.05) is 20.8 Å². The third-order valence-corrected chi connectivity index (χ3v) is 5.65. The maximum atomic E-state index is 14.8. The average Bonchev–Trinajstić information content (AvgIpc) is 3.11. The largest absolute Gasteiger partial charge is 0.365 e. The second-order valence-electron chi connectivity index (χ2n) is 8.79. The smallest absolute Gasteiger partial charge is 0.252 e. The molecule has 2 heterocycles. The van der Waals surface area contributed by atoms with Crippen LogP contribution in [0.15, 0.2) is 24.3 Å². The molecule has 0 aliphatic carbocycles. The number of nitrogens with zero attached hydrogens (tertiary/aromatic N) is 3. The van der Waals surface area contributed by atoms with E-state index in [-0.39, 0.29) is 29.3 Å². The first-order valence-electron chi connectivity index (χ1n) is 11.4. The summed E-state index contributed by atoms with van der Waals surface area (Å²) in [6, 6.07) is 6.52. The molecule has 2 aromatic heterocycles. The Balaban J connectivity index is 2.01. The summed E-state index contributed by atoms with van der Waals surface area (Å²) in [5.74, 6) is -0.853. The van der Waals surface area contributed by atoms with Gasteiger partial charge in [0.25, 0.3) is 5.91 Å². The molecule has 3 rings (SSSR count). The lowest BCUT2D eigenvalue weighted by Crippen LogP contribution is -2.39. The predicted octanol–water partition coefficient (Wildman–Crippen LogP) is 4.17. The number of primary amides is 1. The van der Waals surface area contributed by atoms with Crippen LogP contribution in [0.4, 0.5) is 21.7 Å². The van der Waals surface area contributed by atoms with Crippen molar-refractivity contribution in [3.63, 3.8) is 0 Å². The molecule has 0 saturated heterocycles. The van der Waals surface area contributed by atoms with Crippen LogP contribution in [0.1, 0.15) is 57.1 Å². The summed E-state index contributed by atoms with van der Waals surface area (Å²) >= 11 is 0. The van der Waals surface area contributed by atoms with Gasteiger partial charge in [0.05, 0.1) is 16.8 Å². The molecule has 3 aromatic rings. The molecule has 0 saturated carbocycles. The van der Waals surface area contributed by atoms with E-state index in [1.807, 2.05) is 36.7 Å². The molecule has 1 amide bonds. The van der Waals surface area contributed by atoms with Crippen LogP contribution in [0.5, 0.6) is 0 Å². The molecule has 9 heteroatoms. The Bertz CT molecular complexity index is 1140. The Labute approximate surface area is 193 Å². The van der Waals surface area contributed by atoms with E-state index in [2.05, 4.69) is 41.5 Å². The van der Waals surface area contributed by atoms with Crippen LogP contribution in [0.2, 0.25) is 0 Å². The Hall–Kier alpha value is -3.20. The summed E-state index contributed by atoms with van der Waals surface area (Å²) in [7, 11) is 0. The zero-order valence-electron chi connectivity index (χ0n) is 19.9. The van der Waals surface area contributed by atoms with Gasteiger partial charge in [0, 0.05) is 29.7 Å². The topological polar surface area (TPSA) is 124 Å². The maximum absolute atomic E-state index is 14.8. The molecule has 0 bridgehead atoms. The maximum Gasteiger partial charge on any atom is 0.252 e. The fraction of sp³-hybridized carbons (Fsp3) is 0.458. The van der Waals surface area contributed by atoms with E-state index in [1.165, 1.54) is 0 Å². The predicted molar refractivity (Wildman–Crippen MR) is 131 cm³/mol. The van der Waals surface area contributed by atoms with Gasteiger partial charge in [-0.05, 0) is 56.9 Å². The zero-order chi connectivity index (χ0) is 24.3. The van der Waals surface area contributed by atoms with E-state index in [9.17, 15) is 9.18 Å². The molecule has 0 radical (unpaired) electrons. The first-order valence-corrected chi connectivity index (χ1v) is 11.4. The number of hydrogen-bond acceptors (Lipinski definition) is 6. The Morgan fingerprint density at radius 2 is 1.91 bits per heavy atom. The standard InChI is InChI=1S/C24H34FN7O/c1-6-19-16-11-15(8-9-21(16)32(7-2)31-19)28-23-17(22(27)33)12-18(25)24(30-23)29-20(14(5)26)10-13(3)4/h8-9,11-14,20H,6-7,10,26H2,1-5H3,(H2,27,33)(H2,28,29,30)/t14-,20+/m0/s1. The van der Waals surface area contributed by atoms with Gasteiger partial charge in [-0.25, -0.2) is 9.37 Å². The number of anilines is 3. The van der Waals surface area contributed by atoms with Gasteiger partial charge in [0.2, 0.25) is 0 Å². The SMILES string of the molecule is CCc1nn(CC)c2ccc(Nc3nc(N[C@H](CC(C)C)[C@H](C)N)c(F)cc3C(N)=O)cc12. The number of aryl methyl sites for hydroxylation is 2. The molecule has 33 heavy (non-hydrogen) atoms. The van der Waals surface area contributed by atoms with Crippen molar-refractivity contribution in [2.75, 3.05) is 10.6 Å². The highest BCUT2D eigenvalue weighted by molar-refractivity contribution is 5.99. The number of nitrogens with two attached hydrogens (primary N) is 2. The Kier molecular flexibility index (Phi) is 7.53. The van der Waals surface area contributed by atoms with Crippen molar-refractivity contribution in [3.05, 3.63) is 41.3 Å². The quantitative estimate of drug-likeness (QED) is 0.364. The summed E-state index contributed by atoms with van der Waals surface area (Å²) in [5.41, 5.74) is 14.3. The lowest BCUT2D eigenvalue weighted by atomic mass is 9.99. The second kappa shape index (κ2) is 10.2. The van der Waals surface area contributed by atoms with Crippen molar-refractivity contribution in [3.8, 4) is 0 Å². The Morgan fingerprint density at radius 1 is 1.18 bits per heavy atom. The Morgan fingerprint density at radius 3 is 2.48 bits per heavy atom. The number of halogens is 1. The second-order valence-corrected chi connectivity index (χ2v) is 8.79. The number of aromatic nitrogens is 3. The highest BCUT2D eigenvalue weighted by atomic mass is 19.1. The number of carbonyl (C=O) groups excluding carboxylic acids is 1. The number of rotatable bonds is 10. The fourth-order valence-electron chi connectivity index (χ4n) is 3.92. The van der Waals surface area contributed by atoms with E-state index in [4.69, 9.17) is 11.5 Å². The highest BCUT2D eigenvalue weighted by Crippen LogP contribution is 2.28. The van der Waals surface area contributed by atoms with Crippen molar-refractivity contribution in [1.82, 2.24) is 14.8 Å². The number of fused-ring (bicyclic) bond motifs is 1. The molecule has 0 spiro atoms. The molecule has 0 unspecified atom stereocenters. The minimum absolute atomic E-state index is 0.0274. The highest BCUT2D eigenvalue weighted by Gasteiger charge is 2.21. The number of pyridine rings is 1. The molecule has 178 valence electrons. The third kappa shape index (κ3) is 5.42. The van der Waals surface area contributed by atoms with Gasteiger partial charge in [-0.3, -0.25) is 9.48 Å². The van der Waals surface area contributed by atoms with Crippen molar-refractivity contribution in [1.29, 1.82) is 0 Å². The van der Waals surface area contributed by atoms with Crippen molar-refractivity contribution >= 4 is 34.1 Å². The van der Waals surface area contributed by atoms with Gasteiger partial charge in [0.15, 0.2) is 11.6 Å². The van der Waals surface area contributed by atoms with Crippen molar-refractivity contribution < 1.29 is 9.18 Å². The number of amides is 1. The molecular formula is C24H34FN7O. The molecule has 2 atom stereocenters. The fourth-order valence-corrected chi connectivity index (χ4v) is 3.92. The molecule has 8 nitrogen and oxygen atoms in total. The monoisotopic (exact) mass is 455 g/mol. The van der Waals surface area contributed by atoms with Crippen LogP contribution >= 0.6 is 0 Å². The molecule has 0 aliphatic heterocycles. The van der Waals surface area contributed by atoms with E-state index in [0.29, 0.717) is 11.6 Å². The molecular weight excluding hydrogens is 421 g/mol. The summed E-state index contributed by atoms with van der Waals surface area (Å²) in [4.78, 5) is 16.4. The number of nitrogens with one attached hydrogen (secondary N) is 2. The summed E-state index contributed by atoms with van der Waals surface area (Å²) in [5, 5.41) is 11.9. The van der Waals surface area contributed by atoms with E-state index in [0.717, 1.165) is 42.0 Å². The average molecular weight is 456 g/mol. The van der Waals surface area contributed by atoms with Gasteiger partial charge in [-0.2, -0.15) is 5.10 Å². The van der Waals surface area contributed by atoms with E-state index >= 15 is 0 Å². The van der Waals surface area contributed by atoms with Gasteiger partial charge in [0.1, 0.15) is 5.82 Å². The minimum atomic E-state index is -0.768. The minimum Gasteiger partial charge on any atom is -0.365 e. The first-order chi connectivity index (χ1) is 15.6. The van der Waals surface area contributed by atoms with Crippen LogP contribution in [-0.2, 0) is 13.0 Å². The molecule has 0 fully saturated rings. The van der Waals surface area contributed by atoms with Crippen LogP contribution in [0.3, 0.4) is 0 Å². The van der Waals surface area contributed by atoms with Crippen LogP contribution in [0.25, 0.3) is 10.9 Å². The number of carbonyl (C=O) groups is 1. The number of benzene rings is 1. The van der Waals surface area contributed by atoms with Crippen molar-refractivity contribution in [2.24, 2.45) is 17.4 Å². The van der Waals surface area contributed by atoms with Gasteiger partial charge < -0.3 is 22.1 Å².